The molecule has 3 aliphatic heterocycles. The molecule has 3 heterocycles. The molecule has 0 bridgehead atoms. The van der Waals surface area contributed by atoms with E-state index in [4.69, 9.17) is 9.47 Å². The van der Waals surface area contributed by atoms with Crippen LogP contribution in [0.2, 0.25) is 0 Å². The molecule has 0 aromatic heterocycles. The van der Waals surface area contributed by atoms with Gasteiger partial charge in [0.1, 0.15) is 18.5 Å². The third-order valence-corrected chi connectivity index (χ3v) is 7.47. The van der Waals surface area contributed by atoms with E-state index < -0.39 is 5.82 Å². The van der Waals surface area contributed by atoms with Gasteiger partial charge < -0.3 is 14.4 Å². The molecule has 0 radical (unpaired) electrons. The van der Waals surface area contributed by atoms with Crippen molar-refractivity contribution in [2.24, 2.45) is 0 Å². The maximum absolute atomic E-state index is 13.9. The normalized spacial score (nSPS) is 23.0. The maximum atomic E-state index is 13.9. The van der Waals surface area contributed by atoms with Gasteiger partial charge in [-0.15, -0.1) is 0 Å². The summed E-state index contributed by atoms with van der Waals surface area (Å²) in [6, 6.07) is 9.40. The van der Waals surface area contributed by atoms with Gasteiger partial charge in [0.15, 0.2) is 0 Å². The molecule has 0 N–H and O–H groups in total. The lowest BCUT2D eigenvalue weighted by molar-refractivity contribution is -0.0903. The number of nitrogens with zero attached hydrogens (tertiary/aromatic N) is 3. The Morgan fingerprint density at radius 1 is 1.15 bits per heavy atom. The van der Waals surface area contributed by atoms with Crippen molar-refractivity contribution >= 4 is 5.97 Å². The highest BCUT2D eigenvalue weighted by Crippen LogP contribution is 2.31. The van der Waals surface area contributed by atoms with Gasteiger partial charge in [-0.25, -0.2) is 9.18 Å². The van der Waals surface area contributed by atoms with E-state index in [1.807, 2.05) is 12.1 Å². The van der Waals surface area contributed by atoms with Crippen LogP contribution in [-0.2, 0) is 22.5 Å². The number of hydrogen-bond acceptors (Lipinski definition) is 6. The zero-order valence-electron chi connectivity index (χ0n) is 19.1. The number of piperazine rings is 1. The number of rotatable bonds is 4. The van der Waals surface area contributed by atoms with Gasteiger partial charge in [0.25, 0.3) is 0 Å². The first kappa shape index (κ1) is 22.0. The van der Waals surface area contributed by atoms with Crippen LogP contribution in [0.15, 0.2) is 24.3 Å². The molecule has 0 spiro atoms. The van der Waals surface area contributed by atoms with Crippen LogP contribution in [0.4, 0.5) is 4.39 Å². The van der Waals surface area contributed by atoms with E-state index in [9.17, 15) is 14.4 Å². The van der Waals surface area contributed by atoms with Crippen LogP contribution < -0.4 is 0 Å². The number of ether oxygens (including phenoxy) is 2. The third-order valence-electron chi connectivity index (χ3n) is 7.47. The van der Waals surface area contributed by atoms with E-state index in [0.29, 0.717) is 30.4 Å². The summed E-state index contributed by atoms with van der Waals surface area (Å²) in [5.74, 6) is -0.690. The molecule has 2 aromatic rings. The molecule has 0 amide bonds. The van der Waals surface area contributed by atoms with Crippen molar-refractivity contribution < 1.29 is 18.7 Å². The Bertz CT molecular complexity index is 1140. The number of halogens is 1. The van der Waals surface area contributed by atoms with Crippen molar-refractivity contribution in [2.75, 3.05) is 39.3 Å². The topological polar surface area (TPSA) is 65.8 Å². The van der Waals surface area contributed by atoms with Crippen LogP contribution in [0.3, 0.4) is 0 Å². The first-order valence-electron chi connectivity index (χ1n) is 11.5. The number of hydrogen-bond donors (Lipinski definition) is 0. The van der Waals surface area contributed by atoms with Crippen LogP contribution in [-0.4, -0.2) is 61.1 Å². The summed E-state index contributed by atoms with van der Waals surface area (Å²) in [5.41, 5.74) is 5.88. The minimum absolute atomic E-state index is 0.112. The van der Waals surface area contributed by atoms with Gasteiger partial charge in [0, 0.05) is 44.3 Å². The predicted molar refractivity (Wildman–Crippen MR) is 120 cm³/mol. The van der Waals surface area contributed by atoms with E-state index >= 15 is 0 Å². The number of benzene rings is 2. The Hall–Kier alpha value is -2.79. The number of carbonyl (C=O) groups excluding carboxylic acids is 1. The van der Waals surface area contributed by atoms with Crippen molar-refractivity contribution in [3.63, 3.8) is 0 Å². The Balaban J connectivity index is 1.20. The second-order valence-corrected chi connectivity index (χ2v) is 9.22. The van der Waals surface area contributed by atoms with E-state index in [2.05, 4.69) is 22.8 Å². The van der Waals surface area contributed by atoms with Crippen molar-refractivity contribution in [2.45, 2.75) is 39.0 Å². The lowest BCUT2D eigenvalue weighted by Gasteiger charge is -2.46. The van der Waals surface area contributed by atoms with Crippen molar-refractivity contribution in [3.8, 4) is 6.07 Å². The third kappa shape index (κ3) is 4.04. The maximum Gasteiger partial charge on any atom is 0.338 e. The molecule has 2 atom stereocenters. The highest BCUT2D eigenvalue weighted by atomic mass is 19.1. The zero-order valence-corrected chi connectivity index (χ0v) is 19.1. The van der Waals surface area contributed by atoms with Crippen LogP contribution in [0, 0.1) is 31.0 Å². The van der Waals surface area contributed by atoms with Gasteiger partial charge in [-0.3, -0.25) is 4.90 Å². The van der Waals surface area contributed by atoms with Crippen molar-refractivity contribution in [1.29, 1.82) is 5.26 Å². The van der Waals surface area contributed by atoms with Gasteiger partial charge in [0.2, 0.25) is 0 Å². The smallest absolute Gasteiger partial charge is 0.338 e. The van der Waals surface area contributed by atoms with Gasteiger partial charge in [-0.2, -0.15) is 5.26 Å². The SMILES string of the molecule is Cc1c([C@H]2CN3CCN(CCc4ccc5c(c4C)COC5=O)C[C@H]3CO2)ccc(F)c1C#N. The summed E-state index contributed by atoms with van der Waals surface area (Å²) in [4.78, 5) is 16.7. The molecular formula is C26H28FN3O3. The van der Waals surface area contributed by atoms with Crippen molar-refractivity contribution in [3.05, 3.63) is 69.0 Å². The molecule has 2 fully saturated rings. The minimum atomic E-state index is -0.473. The van der Waals surface area contributed by atoms with Gasteiger partial charge in [-0.1, -0.05) is 12.1 Å². The number of fused-ring (bicyclic) bond motifs is 2. The molecule has 5 rings (SSSR count). The summed E-state index contributed by atoms with van der Waals surface area (Å²) in [7, 11) is 0. The number of cyclic esters (lactones) is 1. The first-order valence-corrected chi connectivity index (χ1v) is 11.5. The molecular weight excluding hydrogens is 421 g/mol. The van der Waals surface area contributed by atoms with Crippen LogP contribution in [0.25, 0.3) is 0 Å². The van der Waals surface area contributed by atoms with E-state index in [1.54, 1.807) is 13.0 Å². The highest BCUT2D eigenvalue weighted by molar-refractivity contribution is 5.93. The highest BCUT2D eigenvalue weighted by Gasteiger charge is 2.35. The number of morpholine rings is 1. The van der Waals surface area contributed by atoms with Gasteiger partial charge >= 0.3 is 5.97 Å². The molecule has 6 nitrogen and oxygen atoms in total. The fraction of sp³-hybridized carbons (Fsp3) is 0.462. The zero-order chi connectivity index (χ0) is 23.1. The molecule has 0 aliphatic carbocycles. The second-order valence-electron chi connectivity index (χ2n) is 9.22. The van der Waals surface area contributed by atoms with Crippen molar-refractivity contribution in [1.82, 2.24) is 9.80 Å². The standard InChI is InChI=1S/C26H28FN3O3/c1-16-18(3-4-21-23(16)15-33-26(21)31)7-8-29-9-10-30-13-25(32-14-19(30)12-29)20-5-6-24(27)22(11-28)17(20)2/h3-6,19,25H,7-10,12-15H2,1-2H3/t19-,25+/m0/s1. The molecule has 3 aliphatic rings. The Kier molecular flexibility index (Phi) is 5.92. The molecule has 0 saturated carbocycles. The number of carbonyl (C=O) groups is 1. The first-order chi connectivity index (χ1) is 16.0. The quantitative estimate of drug-likeness (QED) is 0.668. The van der Waals surface area contributed by atoms with Crippen LogP contribution in [0.5, 0.6) is 0 Å². The fourth-order valence-corrected chi connectivity index (χ4v) is 5.37. The molecule has 33 heavy (non-hydrogen) atoms. The molecule has 0 unspecified atom stereocenters. The van der Waals surface area contributed by atoms with Gasteiger partial charge in [-0.05, 0) is 54.7 Å². The summed E-state index contributed by atoms with van der Waals surface area (Å²) in [6.45, 7) is 9.50. The largest absolute Gasteiger partial charge is 0.457 e. The lowest BCUT2D eigenvalue weighted by Crippen LogP contribution is -2.58. The average molecular weight is 450 g/mol. The Morgan fingerprint density at radius 2 is 2.00 bits per heavy atom. The van der Waals surface area contributed by atoms with Crippen LogP contribution in [0.1, 0.15) is 49.8 Å². The monoisotopic (exact) mass is 449 g/mol. The summed E-state index contributed by atoms with van der Waals surface area (Å²) in [6.07, 6.45) is 0.800. The minimum Gasteiger partial charge on any atom is -0.457 e. The lowest BCUT2D eigenvalue weighted by atomic mass is 9.95. The summed E-state index contributed by atoms with van der Waals surface area (Å²) >= 11 is 0. The van der Waals surface area contributed by atoms with Crippen LogP contribution >= 0.6 is 0 Å². The van der Waals surface area contributed by atoms with E-state index in [-0.39, 0.29) is 17.6 Å². The number of nitriles is 1. The molecule has 2 aromatic carbocycles. The average Bonchev–Trinajstić information content (AvgIpc) is 3.20. The Morgan fingerprint density at radius 3 is 2.82 bits per heavy atom. The number of esters is 1. The molecule has 2 saturated heterocycles. The van der Waals surface area contributed by atoms with E-state index in [1.165, 1.54) is 17.2 Å². The Labute approximate surface area is 193 Å². The summed E-state index contributed by atoms with van der Waals surface area (Å²) < 4.78 is 25.3. The summed E-state index contributed by atoms with van der Waals surface area (Å²) in [5, 5.41) is 9.28. The van der Waals surface area contributed by atoms with E-state index in [0.717, 1.165) is 50.3 Å². The molecule has 7 heteroatoms. The second kappa shape index (κ2) is 8.86. The fourth-order valence-electron chi connectivity index (χ4n) is 5.37. The van der Waals surface area contributed by atoms with Gasteiger partial charge in [0.05, 0.1) is 23.8 Å². The predicted octanol–water partition coefficient (Wildman–Crippen LogP) is 3.28. The molecule has 172 valence electrons.